The third-order valence-electron chi connectivity index (χ3n) is 3.97. The molecule has 0 amide bonds. The van der Waals surface area contributed by atoms with Crippen molar-refractivity contribution in [2.75, 3.05) is 32.1 Å². The van der Waals surface area contributed by atoms with Gasteiger partial charge in [0.2, 0.25) is 0 Å². The Balaban J connectivity index is 1.88. The normalized spacial score (nSPS) is 20.6. The van der Waals surface area contributed by atoms with Crippen LogP contribution in [0.2, 0.25) is 0 Å². The van der Waals surface area contributed by atoms with Crippen molar-refractivity contribution in [3.8, 4) is 0 Å². The van der Waals surface area contributed by atoms with Crippen LogP contribution in [0.3, 0.4) is 0 Å². The Morgan fingerprint density at radius 1 is 1.30 bits per heavy atom. The Morgan fingerprint density at radius 2 is 2.20 bits per heavy atom. The molecule has 0 aliphatic carbocycles. The van der Waals surface area contributed by atoms with Crippen LogP contribution in [0.1, 0.15) is 38.2 Å². The van der Waals surface area contributed by atoms with Gasteiger partial charge >= 0.3 is 0 Å². The molecule has 1 atom stereocenters. The summed E-state index contributed by atoms with van der Waals surface area (Å²) >= 11 is 0. The van der Waals surface area contributed by atoms with E-state index in [1.54, 1.807) is 7.11 Å². The summed E-state index contributed by atoms with van der Waals surface area (Å²) in [5, 5.41) is 3.70. The summed E-state index contributed by atoms with van der Waals surface area (Å²) in [4.78, 5) is 2.60. The predicted molar refractivity (Wildman–Crippen MR) is 85.1 cm³/mol. The molecule has 3 nitrogen and oxygen atoms in total. The summed E-state index contributed by atoms with van der Waals surface area (Å²) in [6.07, 6.45) is 5.08. The lowest BCUT2D eigenvalue weighted by Crippen LogP contribution is -2.27. The number of rotatable bonds is 6. The molecule has 3 heteroatoms. The maximum Gasteiger partial charge on any atom is 0.0713 e. The highest BCUT2D eigenvalue weighted by atomic mass is 16.5. The van der Waals surface area contributed by atoms with Crippen LogP contribution in [0.4, 0.5) is 5.69 Å². The Hall–Kier alpha value is -1.06. The quantitative estimate of drug-likeness (QED) is 0.860. The second-order valence-electron chi connectivity index (χ2n) is 5.75. The van der Waals surface area contributed by atoms with E-state index in [1.807, 2.05) is 0 Å². The van der Waals surface area contributed by atoms with Crippen LogP contribution in [-0.2, 0) is 11.3 Å². The molecule has 1 unspecified atom stereocenters. The van der Waals surface area contributed by atoms with Gasteiger partial charge < -0.3 is 15.0 Å². The Bertz CT molecular complexity index is 394. The molecule has 1 aromatic carbocycles. The fraction of sp³-hybridized carbons (Fsp3) is 0.647. The summed E-state index contributed by atoms with van der Waals surface area (Å²) in [7, 11) is 1.74. The molecule has 112 valence electrons. The second-order valence-corrected chi connectivity index (χ2v) is 5.75. The average molecular weight is 276 g/mol. The third-order valence-corrected chi connectivity index (χ3v) is 3.97. The molecular weight excluding hydrogens is 248 g/mol. The van der Waals surface area contributed by atoms with Gasteiger partial charge in [0.1, 0.15) is 0 Å². The van der Waals surface area contributed by atoms with Gasteiger partial charge in [-0.25, -0.2) is 0 Å². The van der Waals surface area contributed by atoms with Crippen LogP contribution < -0.4 is 5.32 Å². The zero-order chi connectivity index (χ0) is 14.2. The number of anilines is 1. The molecule has 1 saturated heterocycles. The molecule has 2 rings (SSSR count). The minimum absolute atomic E-state index is 0.606. The lowest BCUT2D eigenvalue weighted by Gasteiger charge is -2.20. The predicted octanol–water partition coefficient (Wildman–Crippen LogP) is 3.51. The number of hydrogen-bond acceptors (Lipinski definition) is 3. The first-order valence-corrected chi connectivity index (χ1v) is 7.88. The number of nitrogens with zero attached hydrogens (tertiary/aromatic N) is 1. The summed E-state index contributed by atoms with van der Waals surface area (Å²) < 4.78 is 5.20. The SMILES string of the molecule is CCCN1CCCC(Nc2cccc(COC)c2)CC1. The van der Waals surface area contributed by atoms with Gasteiger partial charge in [0.25, 0.3) is 0 Å². The number of hydrogen-bond donors (Lipinski definition) is 1. The smallest absolute Gasteiger partial charge is 0.0713 e. The molecular formula is C17H28N2O. The molecule has 0 aromatic heterocycles. The maximum absolute atomic E-state index is 5.20. The topological polar surface area (TPSA) is 24.5 Å². The van der Waals surface area contributed by atoms with E-state index in [9.17, 15) is 0 Å². The first-order chi connectivity index (χ1) is 9.81. The summed E-state index contributed by atoms with van der Waals surface area (Å²) in [6, 6.07) is 9.20. The number of ether oxygens (including phenoxy) is 1. The van der Waals surface area contributed by atoms with Gasteiger partial charge in [0, 0.05) is 25.4 Å². The fourth-order valence-corrected chi connectivity index (χ4v) is 2.99. The largest absolute Gasteiger partial charge is 0.382 e. The Kier molecular flexibility index (Phi) is 6.34. The van der Waals surface area contributed by atoms with Crippen LogP contribution in [-0.4, -0.2) is 37.7 Å². The Labute approximate surface area is 123 Å². The van der Waals surface area contributed by atoms with Crippen LogP contribution in [0, 0.1) is 0 Å². The highest BCUT2D eigenvalue weighted by Crippen LogP contribution is 2.18. The van der Waals surface area contributed by atoms with Gasteiger partial charge in [0.05, 0.1) is 6.61 Å². The maximum atomic E-state index is 5.20. The summed E-state index contributed by atoms with van der Waals surface area (Å²) in [5.74, 6) is 0. The van der Waals surface area contributed by atoms with E-state index in [4.69, 9.17) is 4.74 Å². The number of benzene rings is 1. The zero-order valence-electron chi connectivity index (χ0n) is 12.9. The van der Waals surface area contributed by atoms with Crippen molar-refractivity contribution in [2.45, 2.75) is 45.3 Å². The van der Waals surface area contributed by atoms with Gasteiger partial charge in [-0.15, -0.1) is 0 Å². The summed E-state index contributed by atoms with van der Waals surface area (Å²) in [6.45, 7) is 6.68. The molecule has 0 spiro atoms. The summed E-state index contributed by atoms with van der Waals surface area (Å²) in [5.41, 5.74) is 2.47. The van der Waals surface area contributed by atoms with E-state index >= 15 is 0 Å². The van der Waals surface area contributed by atoms with E-state index < -0.39 is 0 Å². The zero-order valence-corrected chi connectivity index (χ0v) is 12.9. The molecule has 1 N–H and O–H groups in total. The molecule has 1 aromatic rings. The van der Waals surface area contributed by atoms with Gasteiger partial charge in [-0.05, 0) is 56.5 Å². The monoisotopic (exact) mass is 276 g/mol. The first kappa shape index (κ1) is 15.3. The van der Waals surface area contributed by atoms with Gasteiger partial charge in [0.15, 0.2) is 0 Å². The van der Waals surface area contributed by atoms with E-state index in [0.29, 0.717) is 12.6 Å². The van der Waals surface area contributed by atoms with E-state index in [-0.39, 0.29) is 0 Å². The third kappa shape index (κ3) is 4.80. The van der Waals surface area contributed by atoms with Crippen molar-refractivity contribution in [3.63, 3.8) is 0 Å². The van der Waals surface area contributed by atoms with Crippen LogP contribution in [0.5, 0.6) is 0 Å². The van der Waals surface area contributed by atoms with E-state index in [2.05, 4.69) is 41.4 Å². The molecule has 0 radical (unpaired) electrons. The minimum Gasteiger partial charge on any atom is -0.382 e. The van der Waals surface area contributed by atoms with Crippen molar-refractivity contribution in [1.29, 1.82) is 0 Å². The van der Waals surface area contributed by atoms with Gasteiger partial charge in [-0.1, -0.05) is 19.1 Å². The highest BCUT2D eigenvalue weighted by molar-refractivity contribution is 5.46. The van der Waals surface area contributed by atoms with Crippen LogP contribution in [0.25, 0.3) is 0 Å². The second kappa shape index (κ2) is 8.28. The van der Waals surface area contributed by atoms with Crippen LogP contribution in [0.15, 0.2) is 24.3 Å². The van der Waals surface area contributed by atoms with E-state index in [0.717, 1.165) is 0 Å². The molecule has 1 heterocycles. The lowest BCUT2D eigenvalue weighted by atomic mass is 10.1. The molecule has 20 heavy (non-hydrogen) atoms. The minimum atomic E-state index is 0.606. The molecule has 0 saturated carbocycles. The van der Waals surface area contributed by atoms with E-state index in [1.165, 1.54) is 56.6 Å². The first-order valence-electron chi connectivity index (χ1n) is 7.88. The Morgan fingerprint density at radius 3 is 3.00 bits per heavy atom. The number of methoxy groups -OCH3 is 1. The number of likely N-dealkylation sites (tertiary alicyclic amines) is 1. The van der Waals surface area contributed by atoms with Crippen molar-refractivity contribution in [3.05, 3.63) is 29.8 Å². The van der Waals surface area contributed by atoms with Crippen molar-refractivity contribution in [1.82, 2.24) is 4.90 Å². The number of nitrogens with one attached hydrogen (secondary N) is 1. The average Bonchev–Trinajstić information content (AvgIpc) is 2.66. The standard InChI is InChI=1S/C17H28N2O/c1-3-10-19-11-5-8-16(9-12-19)18-17-7-4-6-15(13-17)14-20-2/h4,6-7,13,16,18H,3,5,8-12,14H2,1-2H3. The van der Waals surface area contributed by atoms with Crippen molar-refractivity contribution in [2.24, 2.45) is 0 Å². The van der Waals surface area contributed by atoms with Gasteiger partial charge in [-0.3, -0.25) is 0 Å². The van der Waals surface area contributed by atoms with Crippen LogP contribution >= 0.6 is 0 Å². The highest BCUT2D eigenvalue weighted by Gasteiger charge is 2.16. The fourth-order valence-electron chi connectivity index (χ4n) is 2.99. The molecule has 1 aliphatic heterocycles. The lowest BCUT2D eigenvalue weighted by molar-refractivity contribution is 0.185. The van der Waals surface area contributed by atoms with Crippen molar-refractivity contribution < 1.29 is 4.74 Å². The molecule has 1 aliphatic rings. The molecule has 0 bridgehead atoms. The van der Waals surface area contributed by atoms with Crippen molar-refractivity contribution >= 4 is 5.69 Å². The molecule has 1 fully saturated rings. The van der Waals surface area contributed by atoms with Gasteiger partial charge in [-0.2, -0.15) is 0 Å².